The summed E-state index contributed by atoms with van der Waals surface area (Å²) >= 11 is 1.64. The van der Waals surface area contributed by atoms with E-state index in [9.17, 15) is 4.79 Å². The number of amides is 2. The zero-order valence-electron chi connectivity index (χ0n) is 9.51. The number of carbonyl (C=O) groups is 1. The van der Waals surface area contributed by atoms with Crippen molar-refractivity contribution in [3.05, 3.63) is 52.7 Å². The van der Waals surface area contributed by atoms with Gasteiger partial charge in [-0.05, 0) is 30.5 Å². The fourth-order valence-electron chi connectivity index (χ4n) is 1.49. The molecule has 0 fully saturated rings. The van der Waals surface area contributed by atoms with Crippen LogP contribution in [0.15, 0.2) is 47.8 Å². The van der Waals surface area contributed by atoms with Crippen LogP contribution in [0.4, 0.5) is 10.5 Å². The molecule has 0 saturated heterocycles. The van der Waals surface area contributed by atoms with Crippen molar-refractivity contribution in [1.82, 2.24) is 5.32 Å². The van der Waals surface area contributed by atoms with Crippen molar-refractivity contribution in [2.24, 2.45) is 0 Å². The van der Waals surface area contributed by atoms with Crippen LogP contribution in [0, 0.1) is 0 Å². The van der Waals surface area contributed by atoms with Gasteiger partial charge in [0.05, 0.1) is 6.04 Å². The van der Waals surface area contributed by atoms with E-state index < -0.39 is 0 Å². The van der Waals surface area contributed by atoms with Gasteiger partial charge in [-0.3, -0.25) is 0 Å². The van der Waals surface area contributed by atoms with Gasteiger partial charge in [-0.2, -0.15) is 0 Å². The monoisotopic (exact) mass is 246 g/mol. The lowest BCUT2D eigenvalue weighted by atomic mass is 10.3. The van der Waals surface area contributed by atoms with Crippen molar-refractivity contribution in [1.29, 1.82) is 0 Å². The predicted octanol–water partition coefficient (Wildman–Crippen LogP) is 3.63. The summed E-state index contributed by atoms with van der Waals surface area (Å²) in [5.41, 5.74) is 0.795. The highest BCUT2D eigenvalue weighted by Crippen LogP contribution is 2.18. The molecule has 1 aromatic heterocycles. The number of carbonyl (C=O) groups excluding carboxylic acids is 1. The maximum absolute atomic E-state index is 11.7. The van der Waals surface area contributed by atoms with Gasteiger partial charge in [-0.1, -0.05) is 24.3 Å². The summed E-state index contributed by atoms with van der Waals surface area (Å²) in [5, 5.41) is 7.68. The third kappa shape index (κ3) is 3.32. The topological polar surface area (TPSA) is 41.1 Å². The van der Waals surface area contributed by atoms with Gasteiger partial charge in [0.25, 0.3) is 0 Å². The molecule has 0 bridgehead atoms. The highest BCUT2D eigenvalue weighted by atomic mass is 32.1. The van der Waals surface area contributed by atoms with Gasteiger partial charge in [0.15, 0.2) is 0 Å². The van der Waals surface area contributed by atoms with Crippen molar-refractivity contribution in [3.8, 4) is 0 Å². The minimum absolute atomic E-state index is 0.0266. The molecule has 1 atom stereocenters. The van der Waals surface area contributed by atoms with E-state index in [0.717, 1.165) is 10.6 Å². The van der Waals surface area contributed by atoms with Gasteiger partial charge in [-0.25, -0.2) is 4.79 Å². The first kappa shape index (κ1) is 11.7. The van der Waals surface area contributed by atoms with Crippen molar-refractivity contribution >= 4 is 23.1 Å². The summed E-state index contributed by atoms with van der Waals surface area (Å²) in [6.45, 7) is 1.97. The Bertz CT molecular complexity index is 467. The Labute approximate surface area is 104 Å². The van der Waals surface area contributed by atoms with E-state index in [-0.39, 0.29) is 12.1 Å². The molecular weight excluding hydrogens is 232 g/mol. The zero-order chi connectivity index (χ0) is 12.1. The standard InChI is InChI=1S/C13H14N2OS/c1-10(12-8-5-9-17-12)14-13(16)15-11-6-3-2-4-7-11/h2-10H,1H3,(H2,14,15,16)/t10-/m1/s1. The number of hydrogen-bond acceptors (Lipinski definition) is 2. The van der Waals surface area contributed by atoms with Crippen LogP contribution in [0.1, 0.15) is 17.8 Å². The van der Waals surface area contributed by atoms with E-state index in [4.69, 9.17) is 0 Å². The molecule has 3 nitrogen and oxygen atoms in total. The Kier molecular flexibility index (Phi) is 3.77. The lowest BCUT2D eigenvalue weighted by Crippen LogP contribution is -2.30. The van der Waals surface area contributed by atoms with Crippen LogP contribution >= 0.6 is 11.3 Å². The minimum atomic E-state index is -0.183. The SMILES string of the molecule is C[C@@H](NC(=O)Nc1ccccc1)c1cccs1. The Morgan fingerprint density at radius 2 is 1.94 bits per heavy atom. The summed E-state index contributed by atoms with van der Waals surface area (Å²) in [6.07, 6.45) is 0. The lowest BCUT2D eigenvalue weighted by Gasteiger charge is -2.13. The van der Waals surface area contributed by atoms with E-state index in [0.29, 0.717) is 0 Å². The Hall–Kier alpha value is -1.81. The molecule has 4 heteroatoms. The van der Waals surface area contributed by atoms with Crippen molar-refractivity contribution in [3.63, 3.8) is 0 Å². The molecule has 0 aliphatic carbocycles. The summed E-state index contributed by atoms with van der Waals surface area (Å²) in [4.78, 5) is 12.8. The van der Waals surface area contributed by atoms with Crippen LogP contribution in [0.2, 0.25) is 0 Å². The van der Waals surface area contributed by atoms with E-state index in [1.165, 1.54) is 0 Å². The number of nitrogens with one attached hydrogen (secondary N) is 2. The molecule has 2 amide bonds. The van der Waals surface area contributed by atoms with E-state index in [1.807, 2.05) is 54.8 Å². The number of hydrogen-bond donors (Lipinski definition) is 2. The summed E-state index contributed by atoms with van der Waals surface area (Å²) in [5.74, 6) is 0. The van der Waals surface area contributed by atoms with Crippen LogP contribution in [0.25, 0.3) is 0 Å². The summed E-state index contributed by atoms with van der Waals surface area (Å²) in [7, 11) is 0. The molecule has 88 valence electrons. The van der Waals surface area contributed by atoms with E-state index in [1.54, 1.807) is 11.3 Å². The van der Waals surface area contributed by atoms with Crippen molar-refractivity contribution in [2.45, 2.75) is 13.0 Å². The van der Waals surface area contributed by atoms with Crippen LogP contribution in [-0.2, 0) is 0 Å². The van der Waals surface area contributed by atoms with E-state index >= 15 is 0 Å². The molecule has 0 unspecified atom stereocenters. The fraction of sp³-hybridized carbons (Fsp3) is 0.154. The first-order chi connectivity index (χ1) is 8.25. The van der Waals surface area contributed by atoms with Gasteiger partial charge in [0.1, 0.15) is 0 Å². The molecule has 2 aromatic rings. The Morgan fingerprint density at radius 1 is 1.18 bits per heavy atom. The Morgan fingerprint density at radius 3 is 2.59 bits per heavy atom. The molecule has 0 radical (unpaired) electrons. The first-order valence-electron chi connectivity index (χ1n) is 5.41. The molecular formula is C13H14N2OS. The maximum Gasteiger partial charge on any atom is 0.319 e. The van der Waals surface area contributed by atoms with Crippen LogP contribution < -0.4 is 10.6 Å². The summed E-state index contributed by atoms with van der Waals surface area (Å²) < 4.78 is 0. The highest BCUT2D eigenvalue weighted by Gasteiger charge is 2.09. The number of thiophene rings is 1. The average Bonchev–Trinajstić information content (AvgIpc) is 2.83. The number of benzene rings is 1. The van der Waals surface area contributed by atoms with Gasteiger partial charge >= 0.3 is 6.03 Å². The van der Waals surface area contributed by atoms with Crippen molar-refractivity contribution < 1.29 is 4.79 Å². The zero-order valence-corrected chi connectivity index (χ0v) is 10.3. The minimum Gasteiger partial charge on any atom is -0.331 e. The molecule has 2 rings (SSSR count). The quantitative estimate of drug-likeness (QED) is 0.853. The molecule has 1 aromatic carbocycles. The highest BCUT2D eigenvalue weighted by molar-refractivity contribution is 7.10. The number of anilines is 1. The van der Waals surface area contributed by atoms with Gasteiger partial charge < -0.3 is 10.6 Å². The lowest BCUT2D eigenvalue weighted by molar-refractivity contribution is 0.249. The molecule has 0 saturated carbocycles. The van der Waals surface area contributed by atoms with Crippen LogP contribution in [0.5, 0.6) is 0 Å². The van der Waals surface area contributed by atoms with Crippen LogP contribution in [0.3, 0.4) is 0 Å². The smallest absolute Gasteiger partial charge is 0.319 e. The molecule has 1 heterocycles. The largest absolute Gasteiger partial charge is 0.331 e. The number of urea groups is 1. The van der Waals surface area contributed by atoms with Gasteiger partial charge in [0, 0.05) is 10.6 Å². The third-order valence-corrected chi connectivity index (χ3v) is 3.40. The molecule has 17 heavy (non-hydrogen) atoms. The fourth-order valence-corrected chi connectivity index (χ4v) is 2.23. The molecule has 2 N–H and O–H groups in total. The number of rotatable bonds is 3. The molecule has 0 aliphatic heterocycles. The van der Waals surface area contributed by atoms with E-state index in [2.05, 4.69) is 10.6 Å². The second-order valence-corrected chi connectivity index (χ2v) is 4.68. The van der Waals surface area contributed by atoms with Gasteiger partial charge in [-0.15, -0.1) is 11.3 Å². The average molecular weight is 246 g/mol. The maximum atomic E-state index is 11.7. The van der Waals surface area contributed by atoms with Crippen molar-refractivity contribution in [2.75, 3.05) is 5.32 Å². The van der Waals surface area contributed by atoms with Gasteiger partial charge in [0.2, 0.25) is 0 Å². The normalized spacial score (nSPS) is 11.8. The molecule has 0 spiro atoms. The third-order valence-electron chi connectivity index (χ3n) is 2.35. The predicted molar refractivity (Wildman–Crippen MR) is 71.3 cm³/mol. The van der Waals surface area contributed by atoms with Crippen LogP contribution in [-0.4, -0.2) is 6.03 Å². The summed E-state index contributed by atoms with van der Waals surface area (Å²) in [6, 6.07) is 13.2. The molecule has 0 aliphatic rings. The Balaban J connectivity index is 1.90. The first-order valence-corrected chi connectivity index (χ1v) is 6.29. The number of para-hydroxylation sites is 1. The second-order valence-electron chi connectivity index (χ2n) is 3.70. The second kappa shape index (κ2) is 5.50.